The van der Waals surface area contributed by atoms with Gasteiger partial charge in [-0.15, -0.1) is 0 Å². The van der Waals surface area contributed by atoms with Crippen molar-refractivity contribution in [2.75, 3.05) is 24.5 Å². The predicted octanol–water partition coefficient (Wildman–Crippen LogP) is 2.13. The van der Waals surface area contributed by atoms with Crippen LogP contribution in [0.15, 0.2) is 22.7 Å². The van der Waals surface area contributed by atoms with Gasteiger partial charge < -0.3 is 16.0 Å². The number of benzene rings is 1. The van der Waals surface area contributed by atoms with E-state index >= 15 is 0 Å². The lowest BCUT2D eigenvalue weighted by Crippen LogP contribution is -2.46. The smallest absolute Gasteiger partial charge is 0.251 e. The SMILES string of the molecule is CCN(c1cccc(Br)c1C(N)=O)C1CCCNC1. The van der Waals surface area contributed by atoms with Crippen molar-refractivity contribution in [3.05, 3.63) is 28.2 Å². The molecule has 1 unspecified atom stereocenters. The van der Waals surface area contributed by atoms with Crippen molar-refractivity contribution < 1.29 is 4.79 Å². The van der Waals surface area contributed by atoms with Gasteiger partial charge in [-0.2, -0.15) is 0 Å². The first kappa shape index (κ1) is 14.3. The molecule has 19 heavy (non-hydrogen) atoms. The van der Waals surface area contributed by atoms with E-state index in [2.05, 4.69) is 33.1 Å². The summed E-state index contributed by atoms with van der Waals surface area (Å²) < 4.78 is 0.764. The molecule has 1 fully saturated rings. The van der Waals surface area contributed by atoms with Crippen LogP contribution in [-0.2, 0) is 0 Å². The highest BCUT2D eigenvalue weighted by molar-refractivity contribution is 9.10. The van der Waals surface area contributed by atoms with Crippen LogP contribution in [0.2, 0.25) is 0 Å². The minimum absolute atomic E-state index is 0.385. The van der Waals surface area contributed by atoms with Crippen LogP contribution in [0.5, 0.6) is 0 Å². The number of primary amides is 1. The van der Waals surface area contributed by atoms with E-state index in [1.807, 2.05) is 18.2 Å². The van der Waals surface area contributed by atoms with E-state index in [4.69, 9.17) is 5.73 Å². The second-order valence-corrected chi connectivity index (χ2v) is 5.64. The zero-order chi connectivity index (χ0) is 13.8. The topological polar surface area (TPSA) is 58.4 Å². The van der Waals surface area contributed by atoms with Gasteiger partial charge in [-0.3, -0.25) is 4.79 Å². The molecule has 4 nitrogen and oxygen atoms in total. The van der Waals surface area contributed by atoms with Crippen LogP contribution >= 0.6 is 15.9 Å². The van der Waals surface area contributed by atoms with Gasteiger partial charge in [0.1, 0.15) is 0 Å². The quantitative estimate of drug-likeness (QED) is 0.891. The number of halogens is 1. The minimum Gasteiger partial charge on any atom is -0.367 e. The largest absolute Gasteiger partial charge is 0.367 e. The molecule has 1 aromatic carbocycles. The summed E-state index contributed by atoms with van der Waals surface area (Å²) in [5.74, 6) is -0.385. The fourth-order valence-electron chi connectivity index (χ4n) is 2.72. The van der Waals surface area contributed by atoms with Crippen LogP contribution in [0.3, 0.4) is 0 Å². The second kappa shape index (κ2) is 6.39. The molecule has 3 N–H and O–H groups in total. The predicted molar refractivity (Wildman–Crippen MR) is 81.6 cm³/mol. The van der Waals surface area contributed by atoms with Gasteiger partial charge in [0.25, 0.3) is 5.91 Å². The molecule has 0 aliphatic carbocycles. The highest BCUT2D eigenvalue weighted by Gasteiger charge is 2.24. The summed E-state index contributed by atoms with van der Waals surface area (Å²) in [6, 6.07) is 6.20. The van der Waals surface area contributed by atoms with Crippen molar-refractivity contribution >= 4 is 27.5 Å². The number of nitrogens with one attached hydrogen (secondary N) is 1. The van der Waals surface area contributed by atoms with Crippen molar-refractivity contribution in [2.45, 2.75) is 25.8 Å². The number of carbonyl (C=O) groups excluding carboxylic acids is 1. The molecule has 0 aromatic heterocycles. The third kappa shape index (κ3) is 3.09. The number of nitrogens with zero attached hydrogens (tertiary/aromatic N) is 1. The summed E-state index contributed by atoms with van der Waals surface area (Å²) in [6.45, 7) is 5.01. The lowest BCUT2D eigenvalue weighted by molar-refractivity contribution is 0.1000. The van der Waals surface area contributed by atoms with Crippen LogP contribution in [0, 0.1) is 0 Å². The van der Waals surface area contributed by atoms with Crippen LogP contribution < -0.4 is 16.0 Å². The summed E-state index contributed by atoms with van der Waals surface area (Å²) in [6.07, 6.45) is 2.31. The normalized spacial score (nSPS) is 19.2. The Balaban J connectivity index is 2.37. The molecule has 1 amide bonds. The Morgan fingerprint density at radius 1 is 1.58 bits per heavy atom. The maximum atomic E-state index is 11.7. The molecule has 5 heteroatoms. The average molecular weight is 326 g/mol. The van der Waals surface area contributed by atoms with Gasteiger partial charge in [0.2, 0.25) is 0 Å². The Kier molecular flexibility index (Phi) is 4.82. The summed E-state index contributed by atoms with van der Waals surface area (Å²) >= 11 is 3.43. The Bertz CT molecular complexity index is 458. The monoisotopic (exact) mass is 325 g/mol. The zero-order valence-corrected chi connectivity index (χ0v) is 12.7. The fraction of sp³-hybridized carbons (Fsp3) is 0.500. The number of nitrogens with two attached hydrogens (primary N) is 1. The number of anilines is 1. The molecular formula is C14H20BrN3O. The van der Waals surface area contributed by atoms with Crippen molar-refractivity contribution in [3.63, 3.8) is 0 Å². The number of carbonyl (C=O) groups is 1. The highest BCUT2D eigenvalue weighted by atomic mass is 79.9. The standard InChI is InChI=1S/C14H20BrN3O/c1-2-18(10-5-4-8-17-9-10)12-7-3-6-11(15)13(12)14(16)19/h3,6-7,10,17H,2,4-5,8-9H2,1H3,(H2,16,19). The summed E-state index contributed by atoms with van der Waals surface area (Å²) in [4.78, 5) is 14.0. The van der Waals surface area contributed by atoms with E-state index in [-0.39, 0.29) is 5.91 Å². The fourth-order valence-corrected chi connectivity index (χ4v) is 3.27. The molecule has 0 bridgehead atoms. The molecule has 1 heterocycles. The van der Waals surface area contributed by atoms with Gasteiger partial charge in [0.05, 0.1) is 11.3 Å². The van der Waals surface area contributed by atoms with Crippen molar-refractivity contribution in [3.8, 4) is 0 Å². The number of hydrogen-bond acceptors (Lipinski definition) is 3. The number of amides is 1. The molecule has 1 aromatic rings. The molecule has 0 saturated carbocycles. The van der Waals surface area contributed by atoms with E-state index < -0.39 is 0 Å². The first-order valence-corrected chi connectivity index (χ1v) is 7.50. The van der Waals surface area contributed by atoms with Gasteiger partial charge in [-0.1, -0.05) is 6.07 Å². The van der Waals surface area contributed by atoms with Gasteiger partial charge in [-0.25, -0.2) is 0 Å². The average Bonchev–Trinajstić information content (AvgIpc) is 2.40. The van der Waals surface area contributed by atoms with E-state index in [1.54, 1.807) is 0 Å². The second-order valence-electron chi connectivity index (χ2n) is 4.78. The highest BCUT2D eigenvalue weighted by Crippen LogP contribution is 2.30. The Hall–Kier alpha value is -1.07. The van der Waals surface area contributed by atoms with E-state index in [1.165, 1.54) is 6.42 Å². The first-order chi connectivity index (χ1) is 9.15. The van der Waals surface area contributed by atoms with Gasteiger partial charge in [0, 0.05) is 23.6 Å². The van der Waals surface area contributed by atoms with Gasteiger partial charge in [0.15, 0.2) is 0 Å². The van der Waals surface area contributed by atoms with Crippen LogP contribution in [0.25, 0.3) is 0 Å². The van der Waals surface area contributed by atoms with Crippen molar-refractivity contribution in [1.29, 1.82) is 0 Å². The Morgan fingerprint density at radius 3 is 2.95 bits per heavy atom. The first-order valence-electron chi connectivity index (χ1n) is 6.70. The van der Waals surface area contributed by atoms with E-state index in [0.29, 0.717) is 11.6 Å². The molecule has 1 aliphatic heterocycles. The number of likely N-dealkylation sites (N-methyl/N-ethyl adjacent to an activating group) is 1. The van der Waals surface area contributed by atoms with E-state index in [0.717, 1.165) is 36.2 Å². The summed E-state index contributed by atoms with van der Waals surface area (Å²) in [5.41, 5.74) is 7.03. The number of hydrogen-bond donors (Lipinski definition) is 2. The third-order valence-electron chi connectivity index (χ3n) is 3.60. The van der Waals surface area contributed by atoms with Gasteiger partial charge in [-0.05, 0) is 54.4 Å². The maximum Gasteiger partial charge on any atom is 0.251 e. The Morgan fingerprint density at radius 2 is 2.37 bits per heavy atom. The lowest BCUT2D eigenvalue weighted by atomic mass is 10.0. The molecule has 1 atom stereocenters. The molecule has 0 spiro atoms. The molecule has 0 radical (unpaired) electrons. The van der Waals surface area contributed by atoms with Crippen LogP contribution in [-0.4, -0.2) is 31.6 Å². The van der Waals surface area contributed by atoms with Crippen LogP contribution in [0.4, 0.5) is 5.69 Å². The Labute approximate surface area is 122 Å². The molecule has 1 aliphatic rings. The third-order valence-corrected chi connectivity index (χ3v) is 4.26. The van der Waals surface area contributed by atoms with Crippen molar-refractivity contribution in [1.82, 2.24) is 5.32 Å². The minimum atomic E-state index is -0.385. The maximum absolute atomic E-state index is 11.7. The zero-order valence-electron chi connectivity index (χ0n) is 11.2. The lowest BCUT2D eigenvalue weighted by Gasteiger charge is -2.36. The number of rotatable bonds is 4. The molecule has 1 saturated heterocycles. The van der Waals surface area contributed by atoms with Gasteiger partial charge >= 0.3 is 0 Å². The number of piperidine rings is 1. The van der Waals surface area contributed by atoms with Crippen LogP contribution in [0.1, 0.15) is 30.1 Å². The molecule has 2 rings (SSSR count). The van der Waals surface area contributed by atoms with Crippen molar-refractivity contribution in [2.24, 2.45) is 5.73 Å². The summed E-state index contributed by atoms with van der Waals surface area (Å²) in [5, 5.41) is 3.41. The van der Waals surface area contributed by atoms with E-state index in [9.17, 15) is 4.79 Å². The molecular weight excluding hydrogens is 306 g/mol. The summed E-state index contributed by atoms with van der Waals surface area (Å²) in [7, 11) is 0. The molecule has 104 valence electrons.